The van der Waals surface area contributed by atoms with E-state index in [1.165, 1.54) is 40.9 Å². The minimum absolute atomic E-state index is 0.000294. The number of rotatable bonds is 5. The fourth-order valence-corrected chi connectivity index (χ4v) is 4.09. The van der Waals surface area contributed by atoms with E-state index in [0.717, 1.165) is 16.8 Å². The number of hydrogen-bond donors (Lipinski definition) is 2. The number of amides is 2. The monoisotopic (exact) mass is 411 g/mol. The molecule has 29 heavy (non-hydrogen) atoms. The molecule has 0 aromatic heterocycles. The van der Waals surface area contributed by atoms with E-state index in [4.69, 9.17) is 5.11 Å². The Kier molecular flexibility index (Phi) is 6.03. The van der Waals surface area contributed by atoms with E-state index in [1.54, 1.807) is 7.05 Å². The summed E-state index contributed by atoms with van der Waals surface area (Å²) in [7, 11) is 1.66. The van der Waals surface area contributed by atoms with Crippen LogP contribution < -0.4 is 5.32 Å². The van der Waals surface area contributed by atoms with E-state index in [9.17, 15) is 14.4 Å². The minimum Gasteiger partial charge on any atom is -0.478 e. The van der Waals surface area contributed by atoms with E-state index in [1.807, 2.05) is 32.0 Å². The average molecular weight is 411 g/mol. The van der Waals surface area contributed by atoms with E-state index in [-0.39, 0.29) is 23.8 Å². The molecule has 1 heterocycles. The quantitative estimate of drug-likeness (QED) is 0.783. The number of thioether (sulfide) groups is 1. The van der Waals surface area contributed by atoms with Crippen LogP contribution in [0.3, 0.4) is 0 Å². The van der Waals surface area contributed by atoms with Gasteiger partial charge in [0.15, 0.2) is 5.17 Å². The molecule has 1 aliphatic rings. The lowest BCUT2D eigenvalue weighted by molar-refractivity contribution is -0.127. The van der Waals surface area contributed by atoms with Crippen molar-refractivity contribution in [1.82, 2.24) is 4.90 Å². The SMILES string of the molecule is Cc1cccc(C)c1N=C1S[C@H](CC(=O)Nc2ccc(C(=O)O)cc2)C(=O)N1C. The third-order valence-corrected chi connectivity index (χ3v) is 5.80. The Morgan fingerprint density at radius 1 is 1.14 bits per heavy atom. The first kappa shape index (κ1) is 20.6. The van der Waals surface area contributed by atoms with E-state index < -0.39 is 11.2 Å². The smallest absolute Gasteiger partial charge is 0.335 e. The first-order valence-electron chi connectivity index (χ1n) is 8.98. The van der Waals surface area contributed by atoms with E-state index >= 15 is 0 Å². The lowest BCUT2D eigenvalue weighted by atomic mass is 10.1. The van der Waals surface area contributed by atoms with Crippen molar-refractivity contribution < 1.29 is 19.5 Å². The molecule has 0 radical (unpaired) electrons. The Morgan fingerprint density at radius 2 is 1.76 bits per heavy atom. The van der Waals surface area contributed by atoms with Gasteiger partial charge in [-0.25, -0.2) is 9.79 Å². The first-order valence-corrected chi connectivity index (χ1v) is 9.86. The molecule has 0 bridgehead atoms. The van der Waals surface area contributed by atoms with Crippen LogP contribution in [0.25, 0.3) is 0 Å². The molecule has 8 heteroatoms. The number of nitrogens with zero attached hydrogens (tertiary/aromatic N) is 2. The lowest BCUT2D eigenvalue weighted by Crippen LogP contribution is -2.30. The highest BCUT2D eigenvalue weighted by molar-refractivity contribution is 8.15. The maximum Gasteiger partial charge on any atom is 0.335 e. The zero-order valence-corrected chi connectivity index (χ0v) is 17.1. The molecule has 2 aromatic carbocycles. The van der Waals surface area contributed by atoms with Gasteiger partial charge in [0, 0.05) is 19.2 Å². The average Bonchev–Trinajstić information content (AvgIpc) is 2.93. The third-order valence-electron chi connectivity index (χ3n) is 4.57. The number of nitrogens with one attached hydrogen (secondary N) is 1. The molecule has 3 rings (SSSR count). The van der Waals surface area contributed by atoms with E-state index in [0.29, 0.717) is 10.9 Å². The molecule has 1 atom stereocenters. The second kappa shape index (κ2) is 8.48. The topological polar surface area (TPSA) is 99.1 Å². The number of benzene rings is 2. The van der Waals surface area contributed by atoms with Gasteiger partial charge in [-0.2, -0.15) is 0 Å². The van der Waals surface area contributed by atoms with Crippen LogP contribution in [0.5, 0.6) is 0 Å². The zero-order valence-electron chi connectivity index (χ0n) is 16.3. The molecule has 7 nitrogen and oxygen atoms in total. The van der Waals surface area contributed by atoms with Crippen molar-refractivity contribution in [3.05, 3.63) is 59.2 Å². The summed E-state index contributed by atoms with van der Waals surface area (Å²) in [6, 6.07) is 11.8. The number of anilines is 1. The molecule has 2 amide bonds. The van der Waals surface area contributed by atoms with Gasteiger partial charge in [0.05, 0.1) is 11.3 Å². The molecule has 0 spiro atoms. The highest BCUT2D eigenvalue weighted by Crippen LogP contribution is 2.32. The normalized spacial score (nSPS) is 17.6. The lowest BCUT2D eigenvalue weighted by Gasteiger charge is -2.10. The summed E-state index contributed by atoms with van der Waals surface area (Å²) in [5, 5.41) is 11.6. The van der Waals surface area contributed by atoms with Crippen molar-refractivity contribution >= 4 is 46.1 Å². The summed E-state index contributed by atoms with van der Waals surface area (Å²) in [4.78, 5) is 42.0. The van der Waals surface area contributed by atoms with Gasteiger partial charge in [-0.1, -0.05) is 30.0 Å². The number of carbonyl (C=O) groups excluding carboxylic acids is 2. The van der Waals surface area contributed by atoms with Crippen molar-refractivity contribution in [1.29, 1.82) is 0 Å². The molecule has 1 saturated heterocycles. The number of aromatic carboxylic acids is 1. The molecule has 0 saturated carbocycles. The fraction of sp³-hybridized carbons (Fsp3) is 0.238. The Hall–Kier alpha value is -3.13. The Morgan fingerprint density at radius 3 is 2.34 bits per heavy atom. The van der Waals surface area contributed by atoms with Crippen molar-refractivity contribution in [3.8, 4) is 0 Å². The van der Waals surface area contributed by atoms with Crippen molar-refractivity contribution in [2.75, 3.05) is 12.4 Å². The van der Waals surface area contributed by atoms with Crippen LogP contribution in [0.1, 0.15) is 27.9 Å². The largest absolute Gasteiger partial charge is 0.478 e. The molecule has 150 valence electrons. The van der Waals surface area contributed by atoms with Crippen molar-refractivity contribution in [3.63, 3.8) is 0 Å². The number of carbonyl (C=O) groups is 3. The van der Waals surface area contributed by atoms with Crippen LogP contribution in [-0.2, 0) is 9.59 Å². The molecule has 0 aliphatic carbocycles. The van der Waals surface area contributed by atoms with Crippen LogP contribution >= 0.6 is 11.8 Å². The maximum absolute atomic E-state index is 12.6. The van der Waals surface area contributed by atoms with Gasteiger partial charge in [-0.3, -0.25) is 14.5 Å². The number of hydrogen-bond acceptors (Lipinski definition) is 5. The number of amidine groups is 1. The second-order valence-corrected chi connectivity index (χ2v) is 7.94. The van der Waals surface area contributed by atoms with Gasteiger partial charge >= 0.3 is 5.97 Å². The number of para-hydroxylation sites is 1. The number of carboxylic acids is 1. The highest BCUT2D eigenvalue weighted by atomic mass is 32.2. The number of aliphatic imine (C=N–C) groups is 1. The molecule has 2 aromatic rings. The zero-order chi connectivity index (χ0) is 21.1. The molecule has 2 N–H and O–H groups in total. The van der Waals surface area contributed by atoms with Crippen molar-refractivity contribution in [2.45, 2.75) is 25.5 Å². The molecule has 0 unspecified atom stereocenters. The van der Waals surface area contributed by atoms with Crippen LogP contribution in [0, 0.1) is 13.8 Å². The van der Waals surface area contributed by atoms with Crippen LogP contribution in [0.2, 0.25) is 0 Å². The summed E-state index contributed by atoms with van der Waals surface area (Å²) in [5.41, 5.74) is 3.49. The third kappa shape index (κ3) is 4.65. The van der Waals surface area contributed by atoms with Gasteiger partial charge in [-0.05, 0) is 49.2 Å². The summed E-state index contributed by atoms with van der Waals surface area (Å²) >= 11 is 1.27. The standard InChI is InChI=1S/C21H21N3O4S/c1-12-5-4-6-13(2)18(12)23-21-24(3)19(26)16(29-21)11-17(25)22-15-9-7-14(8-10-15)20(27)28/h4-10,16H,11H2,1-3H3,(H,22,25)(H,27,28)/t16-/m1/s1. The molecular weight excluding hydrogens is 390 g/mol. The van der Waals surface area contributed by atoms with Gasteiger partial charge < -0.3 is 10.4 Å². The second-order valence-electron chi connectivity index (χ2n) is 6.77. The molecular formula is C21H21N3O4S. The summed E-state index contributed by atoms with van der Waals surface area (Å²) in [6.07, 6.45) is 0.000294. The predicted octanol–water partition coefficient (Wildman–Crippen LogP) is 3.59. The molecule has 1 aliphatic heterocycles. The van der Waals surface area contributed by atoms with Gasteiger partial charge in [-0.15, -0.1) is 0 Å². The van der Waals surface area contributed by atoms with Crippen LogP contribution in [-0.4, -0.2) is 45.3 Å². The van der Waals surface area contributed by atoms with Gasteiger partial charge in [0.2, 0.25) is 11.8 Å². The molecule has 1 fully saturated rings. The highest BCUT2D eigenvalue weighted by Gasteiger charge is 2.37. The number of carboxylic acid groups (broad SMARTS) is 1. The number of aryl methyl sites for hydroxylation is 2. The Bertz CT molecular complexity index is 981. The van der Waals surface area contributed by atoms with Crippen LogP contribution in [0.4, 0.5) is 11.4 Å². The maximum atomic E-state index is 12.6. The minimum atomic E-state index is -1.03. The van der Waals surface area contributed by atoms with Gasteiger partial charge in [0.25, 0.3) is 0 Å². The van der Waals surface area contributed by atoms with E-state index in [2.05, 4.69) is 10.3 Å². The first-order chi connectivity index (χ1) is 13.8. The Labute approximate surface area is 172 Å². The van der Waals surface area contributed by atoms with Crippen molar-refractivity contribution in [2.24, 2.45) is 4.99 Å². The van der Waals surface area contributed by atoms with Gasteiger partial charge in [0.1, 0.15) is 5.25 Å². The summed E-state index contributed by atoms with van der Waals surface area (Å²) in [6.45, 7) is 3.93. The Balaban J connectivity index is 1.68. The summed E-state index contributed by atoms with van der Waals surface area (Å²) < 4.78 is 0. The fourth-order valence-electron chi connectivity index (χ4n) is 2.95. The summed E-state index contributed by atoms with van der Waals surface area (Å²) in [5.74, 6) is -1.52. The van der Waals surface area contributed by atoms with Crippen LogP contribution in [0.15, 0.2) is 47.5 Å². The predicted molar refractivity (Wildman–Crippen MR) is 114 cm³/mol.